The van der Waals surface area contributed by atoms with Gasteiger partial charge in [0, 0.05) is 18.1 Å². The van der Waals surface area contributed by atoms with Gasteiger partial charge in [-0.3, -0.25) is 13.9 Å². The van der Waals surface area contributed by atoms with Crippen molar-refractivity contribution in [3.63, 3.8) is 0 Å². The maximum Gasteiger partial charge on any atom is 0.264 e. The number of rotatable bonds is 13. The van der Waals surface area contributed by atoms with Gasteiger partial charge in [-0.15, -0.1) is 0 Å². The topological polar surface area (TPSA) is 96.0 Å². The highest BCUT2D eigenvalue weighted by Crippen LogP contribution is 2.27. The first-order valence-corrected chi connectivity index (χ1v) is 15.7. The highest BCUT2D eigenvalue weighted by Gasteiger charge is 2.33. The Morgan fingerprint density at radius 3 is 2.14 bits per heavy atom. The van der Waals surface area contributed by atoms with Crippen LogP contribution in [0.2, 0.25) is 5.02 Å². The van der Waals surface area contributed by atoms with Crippen molar-refractivity contribution < 1.29 is 22.7 Å². The van der Waals surface area contributed by atoms with Crippen molar-refractivity contribution in [3.05, 3.63) is 88.4 Å². The summed E-state index contributed by atoms with van der Waals surface area (Å²) in [7, 11) is -2.61. The Morgan fingerprint density at radius 1 is 0.952 bits per heavy atom. The molecule has 0 aliphatic carbocycles. The number of methoxy groups -OCH3 is 1. The van der Waals surface area contributed by atoms with Crippen molar-refractivity contribution in [3.8, 4) is 5.75 Å². The number of anilines is 1. The summed E-state index contributed by atoms with van der Waals surface area (Å²) in [5.74, 6) is 0.0924. The van der Waals surface area contributed by atoms with E-state index in [0.717, 1.165) is 21.0 Å². The number of nitrogens with one attached hydrogen (secondary N) is 1. The van der Waals surface area contributed by atoms with Crippen LogP contribution in [0.4, 0.5) is 5.69 Å². The van der Waals surface area contributed by atoms with Gasteiger partial charge in [-0.25, -0.2) is 8.42 Å². The molecule has 226 valence electrons. The van der Waals surface area contributed by atoms with Crippen LogP contribution in [0.5, 0.6) is 5.75 Å². The second kappa shape index (κ2) is 14.6. The third-order valence-corrected chi connectivity index (χ3v) is 9.08. The summed E-state index contributed by atoms with van der Waals surface area (Å²) in [6, 6.07) is 17.5. The van der Waals surface area contributed by atoms with Gasteiger partial charge in [-0.05, 0) is 91.4 Å². The van der Waals surface area contributed by atoms with E-state index in [1.54, 1.807) is 31.4 Å². The van der Waals surface area contributed by atoms with Gasteiger partial charge >= 0.3 is 0 Å². The van der Waals surface area contributed by atoms with E-state index >= 15 is 0 Å². The molecule has 0 bridgehead atoms. The molecule has 0 heterocycles. The molecule has 2 amide bonds. The first kappa shape index (κ1) is 32.9. The molecule has 3 rings (SSSR count). The van der Waals surface area contributed by atoms with E-state index in [0.29, 0.717) is 29.4 Å². The summed E-state index contributed by atoms with van der Waals surface area (Å²) >= 11 is 6.03. The van der Waals surface area contributed by atoms with Crippen LogP contribution in [0.3, 0.4) is 0 Å². The van der Waals surface area contributed by atoms with E-state index in [4.69, 9.17) is 16.3 Å². The Morgan fingerprint density at radius 2 is 1.60 bits per heavy atom. The van der Waals surface area contributed by atoms with Gasteiger partial charge < -0.3 is 15.0 Å². The fourth-order valence-corrected chi connectivity index (χ4v) is 5.94. The number of amides is 2. The van der Waals surface area contributed by atoms with Crippen LogP contribution in [-0.2, 0) is 26.2 Å². The molecular formula is C32H40ClN3O5S. The van der Waals surface area contributed by atoms with Crippen molar-refractivity contribution in [2.75, 3.05) is 24.5 Å². The summed E-state index contributed by atoms with van der Waals surface area (Å²) in [5.41, 5.74) is 2.99. The Balaban J connectivity index is 2.06. The fourth-order valence-electron chi connectivity index (χ4n) is 4.41. The Bertz CT molecular complexity index is 1470. The molecule has 0 unspecified atom stereocenters. The van der Waals surface area contributed by atoms with Crippen LogP contribution < -0.4 is 14.4 Å². The monoisotopic (exact) mass is 613 g/mol. The molecule has 1 atom stereocenters. The van der Waals surface area contributed by atoms with Crippen LogP contribution >= 0.6 is 11.6 Å². The molecule has 0 spiro atoms. The lowest BCUT2D eigenvalue weighted by Gasteiger charge is -2.33. The molecule has 0 aliphatic rings. The van der Waals surface area contributed by atoms with Crippen LogP contribution in [0.15, 0.2) is 71.6 Å². The van der Waals surface area contributed by atoms with Gasteiger partial charge in [-0.2, -0.15) is 0 Å². The molecule has 1 N–H and O–H groups in total. The largest absolute Gasteiger partial charge is 0.497 e. The lowest BCUT2D eigenvalue weighted by atomic mass is 10.1. The zero-order chi connectivity index (χ0) is 31.0. The zero-order valence-corrected chi connectivity index (χ0v) is 26.6. The van der Waals surface area contributed by atoms with Crippen LogP contribution in [0, 0.1) is 19.8 Å². The number of hydrogen-bond acceptors (Lipinski definition) is 5. The molecule has 10 heteroatoms. The lowest BCUT2D eigenvalue weighted by molar-refractivity contribution is -0.140. The Kier molecular flexibility index (Phi) is 11.4. The average Bonchev–Trinajstić information content (AvgIpc) is 2.96. The number of benzene rings is 3. The number of carbonyl (C=O) groups is 2. The SMILES string of the molecule is CC[C@H](C(=O)NCC(C)C)N(Cc1ccc(OC)cc1)C(=O)CN(c1ccc(C)c(C)c1)S(=O)(=O)c1ccc(Cl)cc1. The predicted octanol–water partition coefficient (Wildman–Crippen LogP) is 5.74. The summed E-state index contributed by atoms with van der Waals surface area (Å²) < 4.78 is 34.4. The minimum Gasteiger partial charge on any atom is -0.497 e. The second-order valence-corrected chi connectivity index (χ2v) is 13.0. The maximum atomic E-state index is 14.2. The number of carbonyl (C=O) groups excluding carboxylic acids is 2. The van der Waals surface area contributed by atoms with Crippen molar-refractivity contribution in [1.82, 2.24) is 10.2 Å². The highest BCUT2D eigenvalue weighted by atomic mass is 35.5. The Hall–Kier alpha value is -3.56. The van der Waals surface area contributed by atoms with Crippen molar-refractivity contribution >= 4 is 39.1 Å². The molecule has 0 aromatic heterocycles. The van der Waals surface area contributed by atoms with E-state index in [2.05, 4.69) is 5.32 Å². The normalized spacial score (nSPS) is 12.1. The van der Waals surface area contributed by atoms with Gasteiger partial charge in [0.25, 0.3) is 10.0 Å². The first-order valence-electron chi connectivity index (χ1n) is 13.9. The fraction of sp³-hybridized carbons (Fsp3) is 0.375. The summed E-state index contributed by atoms with van der Waals surface area (Å²) in [5, 5.41) is 3.33. The zero-order valence-electron chi connectivity index (χ0n) is 25.1. The highest BCUT2D eigenvalue weighted by molar-refractivity contribution is 7.92. The van der Waals surface area contributed by atoms with Gasteiger partial charge in [0.15, 0.2) is 0 Å². The summed E-state index contributed by atoms with van der Waals surface area (Å²) in [6.07, 6.45) is 0.347. The molecular weight excluding hydrogens is 574 g/mol. The molecule has 8 nitrogen and oxygen atoms in total. The molecule has 3 aromatic carbocycles. The quantitative estimate of drug-likeness (QED) is 0.265. The van der Waals surface area contributed by atoms with Crippen LogP contribution in [-0.4, -0.2) is 51.4 Å². The smallest absolute Gasteiger partial charge is 0.264 e. The minimum atomic E-state index is -4.17. The molecule has 3 aromatic rings. The van der Waals surface area contributed by atoms with Crippen molar-refractivity contribution in [1.29, 1.82) is 0 Å². The first-order chi connectivity index (χ1) is 19.9. The number of aryl methyl sites for hydroxylation is 2. The maximum absolute atomic E-state index is 14.2. The summed E-state index contributed by atoms with van der Waals surface area (Å²) in [4.78, 5) is 29.0. The molecule has 0 aliphatic heterocycles. The third-order valence-electron chi connectivity index (χ3n) is 7.04. The van der Waals surface area contributed by atoms with E-state index in [1.807, 2.05) is 52.8 Å². The van der Waals surface area contributed by atoms with E-state index in [1.165, 1.54) is 29.2 Å². The van der Waals surface area contributed by atoms with Crippen LogP contribution in [0.25, 0.3) is 0 Å². The molecule has 0 saturated carbocycles. The summed E-state index contributed by atoms with van der Waals surface area (Å²) in [6.45, 7) is 9.69. The van der Waals surface area contributed by atoms with Crippen molar-refractivity contribution in [2.24, 2.45) is 5.92 Å². The third kappa shape index (κ3) is 8.26. The second-order valence-electron chi connectivity index (χ2n) is 10.7. The lowest BCUT2D eigenvalue weighted by Crippen LogP contribution is -2.52. The van der Waals surface area contributed by atoms with Gasteiger partial charge in [0.05, 0.1) is 17.7 Å². The average molecular weight is 614 g/mol. The van der Waals surface area contributed by atoms with Crippen molar-refractivity contribution in [2.45, 2.75) is 58.5 Å². The minimum absolute atomic E-state index is 0.00125. The van der Waals surface area contributed by atoms with Crippen LogP contribution in [0.1, 0.15) is 43.9 Å². The number of hydrogen-bond donors (Lipinski definition) is 1. The predicted molar refractivity (Wildman–Crippen MR) is 167 cm³/mol. The number of sulfonamides is 1. The standard InChI is InChI=1S/C32H40ClN3O5S/c1-7-30(32(38)34-19-22(2)3)35(20-25-9-14-28(41-6)15-10-25)31(37)21-36(27-13-8-23(4)24(5)18-27)42(39,40)29-16-11-26(33)12-17-29/h8-18,22,30H,7,19-21H2,1-6H3,(H,34,38)/t30-/m1/s1. The van der Waals surface area contributed by atoms with E-state index in [9.17, 15) is 18.0 Å². The number of halogens is 1. The molecule has 0 radical (unpaired) electrons. The van der Waals surface area contributed by atoms with Gasteiger partial charge in [0.2, 0.25) is 11.8 Å². The molecule has 42 heavy (non-hydrogen) atoms. The van der Waals surface area contributed by atoms with E-state index < -0.39 is 28.5 Å². The molecule has 0 saturated heterocycles. The van der Waals surface area contributed by atoms with Gasteiger partial charge in [0.1, 0.15) is 18.3 Å². The Labute approximate surface area is 254 Å². The van der Waals surface area contributed by atoms with E-state index in [-0.39, 0.29) is 23.3 Å². The molecule has 0 fully saturated rings. The van der Waals surface area contributed by atoms with Gasteiger partial charge in [-0.1, -0.05) is 50.6 Å². The number of nitrogens with zero attached hydrogens (tertiary/aromatic N) is 2. The number of ether oxygens (including phenoxy) is 1.